The van der Waals surface area contributed by atoms with Gasteiger partial charge >= 0.3 is 0 Å². The maximum absolute atomic E-state index is 5.96. The molecule has 0 radical (unpaired) electrons. The first-order valence-corrected chi connectivity index (χ1v) is 6.91. The molecule has 0 atom stereocenters. The molecule has 3 rings (SSSR count). The molecule has 0 spiro atoms. The first kappa shape index (κ1) is 12.0. The van der Waals surface area contributed by atoms with Gasteiger partial charge in [0.15, 0.2) is 0 Å². The van der Waals surface area contributed by atoms with Crippen LogP contribution in [0.25, 0.3) is 0 Å². The Kier molecular flexibility index (Phi) is 3.23. The summed E-state index contributed by atoms with van der Waals surface area (Å²) in [5.41, 5.74) is 6.74. The molecule has 1 fully saturated rings. The van der Waals surface area contributed by atoms with Crippen LogP contribution in [-0.4, -0.2) is 20.2 Å². The van der Waals surface area contributed by atoms with E-state index in [1.165, 1.54) is 11.8 Å². The molecular weight excluding hydrogens is 270 g/mol. The molecule has 5 nitrogen and oxygen atoms in total. The van der Waals surface area contributed by atoms with E-state index in [1.54, 1.807) is 0 Å². The summed E-state index contributed by atoms with van der Waals surface area (Å²) >= 11 is 7.50. The summed E-state index contributed by atoms with van der Waals surface area (Å²) in [5, 5.41) is 13.3. The molecule has 0 saturated heterocycles. The maximum atomic E-state index is 5.96. The van der Waals surface area contributed by atoms with Crippen molar-refractivity contribution in [2.45, 2.75) is 35.5 Å². The summed E-state index contributed by atoms with van der Waals surface area (Å²) in [6, 6.07) is 6.17. The molecule has 2 N–H and O–H groups in total. The quantitative estimate of drug-likeness (QED) is 0.931. The Morgan fingerprint density at radius 2 is 2.28 bits per heavy atom. The van der Waals surface area contributed by atoms with Gasteiger partial charge in [-0.25, -0.2) is 4.68 Å². The first-order chi connectivity index (χ1) is 8.78. The normalized spacial score (nSPS) is 15.0. The fourth-order valence-electron chi connectivity index (χ4n) is 1.71. The SMILES string of the molecule is NCc1cc(Cl)ccc1Sc1nnnn1C1CC1. The minimum absolute atomic E-state index is 0.452. The van der Waals surface area contributed by atoms with Crippen molar-refractivity contribution in [1.82, 2.24) is 20.2 Å². The van der Waals surface area contributed by atoms with Crippen LogP contribution in [0.2, 0.25) is 5.02 Å². The summed E-state index contributed by atoms with van der Waals surface area (Å²) in [5.74, 6) is 0. The minimum Gasteiger partial charge on any atom is -0.326 e. The van der Waals surface area contributed by atoms with Gasteiger partial charge in [0, 0.05) is 16.5 Å². The monoisotopic (exact) mass is 281 g/mol. The second kappa shape index (κ2) is 4.87. The molecule has 1 heterocycles. The number of aromatic nitrogens is 4. The Morgan fingerprint density at radius 3 is 3.00 bits per heavy atom. The lowest BCUT2D eigenvalue weighted by molar-refractivity contribution is 0.565. The molecule has 1 aliphatic carbocycles. The van der Waals surface area contributed by atoms with Crippen LogP contribution in [0.3, 0.4) is 0 Å². The second-order valence-corrected chi connectivity index (χ2v) is 5.64. The van der Waals surface area contributed by atoms with Crippen molar-refractivity contribution in [3.8, 4) is 0 Å². The Bertz CT molecular complexity index is 566. The van der Waals surface area contributed by atoms with Crippen LogP contribution in [0, 0.1) is 0 Å². The van der Waals surface area contributed by atoms with E-state index in [9.17, 15) is 0 Å². The lowest BCUT2D eigenvalue weighted by atomic mass is 10.2. The summed E-state index contributed by atoms with van der Waals surface area (Å²) in [6.45, 7) is 0.452. The molecule has 1 aromatic carbocycles. The molecule has 0 bridgehead atoms. The predicted octanol–water partition coefficient (Wildman–Crippen LogP) is 2.27. The van der Waals surface area contributed by atoms with Gasteiger partial charge in [-0.2, -0.15) is 0 Å². The molecule has 0 amide bonds. The first-order valence-electron chi connectivity index (χ1n) is 5.72. The molecule has 2 aromatic rings. The van der Waals surface area contributed by atoms with Gasteiger partial charge in [-0.1, -0.05) is 11.6 Å². The smallest absolute Gasteiger partial charge is 0.214 e. The zero-order valence-electron chi connectivity index (χ0n) is 9.58. The Hall–Kier alpha value is -1.11. The van der Waals surface area contributed by atoms with Crippen LogP contribution in [0.1, 0.15) is 24.4 Å². The summed E-state index contributed by atoms with van der Waals surface area (Å²) in [4.78, 5) is 1.05. The lowest BCUT2D eigenvalue weighted by Gasteiger charge is -2.07. The van der Waals surface area contributed by atoms with E-state index >= 15 is 0 Å². The summed E-state index contributed by atoms with van der Waals surface area (Å²) in [7, 11) is 0. The highest BCUT2D eigenvalue weighted by atomic mass is 35.5. The fraction of sp³-hybridized carbons (Fsp3) is 0.364. The number of hydrogen-bond acceptors (Lipinski definition) is 5. The van der Waals surface area contributed by atoms with Crippen molar-refractivity contribution < 1.29 is 0 Å². The van der Waals surface area contributed by atoms with E-state index in [0.717, 1.165) is 28.5 Å². The molecule has 94 valence electrons. The maximum Gasteiger partial charge on any atom is 0.214 e. The third kappa shape index (κ3) is 2.36. The van der Waals surface area contributed by atoms with E-state index < -0.39 is 0 Å². The molecule has 0 unspecified atom stereocenters. The topological polar surface area (TPSA) is 69.6 Å². The van der Waals surface area contributed by atoms with Crippen LogP contribution in [0.5, 0.6) is 0 Å². The van der Waals surface area contributed by atoms with E-state index in [2.05, 4.69) is 15.5 Å². The van der Waals surface area contributed by atoms with Crippen molar-refractivity contribution >= 4 is 23.4 Å². The Morgan fingerprint density at radius 1 is 1.44 bits per heavy atom. The third-order valence-corrected chi connectivity index (χ3v) is 4.10. The van der Waals surface area contributed by atoms with E-state index in [-0.39, 0.29) is 0 Å². The van der Waals surface area contributed by atoms with E-state index in [0.29, 0.717) is 17.6 Å². The standard InChI is InChI=1S/C11H12ClN5S/c12-8-1-4-10(7(5-8)6-13)18-11-14-15-16-17(11)9-2-3-9/h1,4-5,9H,2-3,6,13H2. The number of tetrazole rings is 1. The Labute approximate surface area is 114 Å². The molecule has 1 saturated carbocycles. The van der Waals surface area contributed by atoms with Crippen LogP contribution in [0.15, 0.2) is 28.3 Å². The average molecular weight is 282 g/mol. The van der Waals surface area contributed by atoms with Gasteiger partial charge < -0.3 is 5.73 Å². The van der Waals surface area contributed by atoms with Gasteiger partial charge in [0.05, 0.1) is 6.04 Å². The molecule has 0 aliphatic heterocycles. The highest BCUT2D eigenvalue weighted by Gasteiger charge is 2.28. The molecule has 7 heteroatoms. The molecule has 18 heavy (non-hydrogen) atoms. The van der Waals surface area contributed by atoms with Crippen molar-refractivity contribution in [3.05, 3.63) is 28.8 Å². The minimum atomic E-state index is 0.452. The number of hydrogen-bond donors (Lipinski definition) is 1. The number of benzene rings is 1. The predicted molar refractivity (Wildman–Crippen MR) is 69.6 cm³/mol. The van der Waals surface area contributed by atoms with Gasteiger partial charge in [0.25, 0.3) is 0 Å². The zero-order valence-corrected chi connectivity index (χ0v) is 11.2. The third-order valence-electron chi connectivity index (χ3n) is 2.80. The zero-order chi connectivity index (χ0) is 12.5. The van der Waals surface area contributed by atoms with E-state index in [1.807, 2.05) is 22.9 Å². The number of nitrogens with zero attached hydrogens (tertiary/aromatic N) is 4. The van der Waals surface area contributed by atoms with Crippen LogP contribution < -0.4 is 5.73 Å². The van der Waals surface area contributed by atoms with Crippen molar-refractivity contribution in [2.24, 2.45) is 5.73 Å². The number of nitrogens with two attached hydrogens (primary N) is 1. The highest BCUT2D eigenvalue weighted by Crippen LogP contribution is 2.38. The molecule has 1 aromatic heterocycles. The summed E-state index contributed by atoms with van der Waals surface area (Å²) in [6.07, 6.45) is 2.31. The molecule has 1 aliphatic rings. The van der Waals surface area contributed by atoms with Crippen molar-refractivity contribution in [1.29, 1.82) is 0 Å². The van der Waals surface area contributed by atoms with Crippen molar-refractivity contribution in [3.63, 3.8) is 0 Å². The van der Waals surface area contributed by atoms with Gasteiger partial charge in [0.2, 0.25) is 5.16 Å². The lowest BCUT2D eigenvalue weighted by Crippen LogP contribution is -2.01. The van der Waals surface area contributed by atoms with Gasteiger partial charge in [-0.05, 0) is 58.8 Å². The van der Waals surface area contributed by atoms with Crippen LogP contribution >= 0.6 is 23.4 Å². The Balaban J connectivity index is 1.89. The summed E-state index contributed by atoms with van der Waals surface area (Å²) < 4.78 is 1.89. The van der Waals surface area contributed by atoms with Gasteiger partial charge in [-0.3, -0.25) is 0 Å². The van der Waals surface area contributed by atoms with Crippen LogP contribution in [-0.2, 0) is 6.54 Å². The molecular formula is C11H12ClN5S. The highest BCUT2D eigenvalue weighted by molar-refractivity contribution is 7.99. The van der Waals surface area contributed by atoms with Gasteiger partial charge in [-0.15, -0.1) is 5.10 Å². The largest absolute Gasteiger partial charge is 0.326 e. The fourth-order valence-corrected chi connectivity index (χ4v) is 2.86. The number of halogens is 1. The van der Waals surface area contributed by atoms with E-state index in [4.69, 9.17) is 17.3 Å². The van der Waals surface area contributed by atoms with Gasteiger partial charge in [0.1, 0.15) is 0 Å². The average Bonchev–Trinajstić information content (AvgIpc) is 3.12. The number of rotatable bonds is 4. The van der Waals surface area contributed by atoms with Crippen LogP contribution in [0.4, 0.5) is 0 Å². The second-order valence-electron chi connectivity index (χ2n) is 4.20. The van der Waals surface area contributed by atoms with Crippen molar-refractivity contribution in [2.75, 3.05) is 0 Å².